The molecular weight excluding hydrogens is 132 g/mol. The Bertz CT molecular complexity index is 119. The van der Waals surface area contributed by atoms with Crippen LogP contribution in [0.3, 0.4) is 0 Å². The highest BCUT2D eigenvalue weighted by Crippen LogP contribution is 2.00. The lowest BCUT2D eigenvalue weighted by atomic mass is 10.3. The fourth-order valence-corrected chi connectivity index (χ4v) is 1.19. The van der Waals surface area contributed by atoms with Crippen molar-refractivity contribution in [3.05, 3.63) is 0 Å². The molecule has 0 radical (unpaired) electrons. The Balaban J connectivity index is 2.42. The standard InChI is InChI=1S/C6H12N2O2/c1-7-2-6(10)3-8(4-7)5-9/h5-6,10H,2-4H2,1H3. The summed E-state index contributed by atoms with van der Waals surface area (Å²) in [6.07, 6.45) is 0.378. The van der Waals surface area contributed by atoms with Gasteiger partial charge in [0.15, 0.2) is 0 Å². The minimum atomic E-state index is -0.385. The smallest absolute Gasteiger partial charge is 0.210 e. The maximum Gasteiger partial charge on any atom is 0.210 e. The van der Waals surface area contributed by atoms with Gasteiger partial charge in [-0.25, -0.2) is 0 Å². The lowest BCUT2D eigenvalue weighted by molar-refractivity contribution is -0.124. The molecule has 1 aliphatic heterocycles. The van der Waals surface area contributed by atoms with Crippen LogP contribution in [0.4, 0.5) is 0 Å². The summed E-state index contributed by atoms with van der Waals surface area (Å²) in [6, 6.07) is 0. The van der Waals surface area contributed by atoms with Crippen LogP contribution in [0, 0.1) is 0 Å². The molecule has 1 N–H and O–H groups in total. The van der Waals surface area contributed by atoms with Crippen molar-refractivity contribution in [3.63, 3.8) is 0 Å². The predicted octanol–water partition coefficient (Wildman–Crippen LogP) is -1.29. The molecule has 1 heterocycles. The Morgan fingerprint density at radius 1 is 1.60 bits per heavy atom. The summed E-state index contributed by atoms with van der Waals surface area (Å²) >= 11 is 0. The van der Waals surface area contributed by atoms with Crippen LogP contribution in [0.1, 0.15) is 0 Å². The van der Waals surface area contributed by atoms with Crippen molar-refractivity contribution in [1.82, 2.24) is 9.80 Å². The summed E-state index contributed by atoms with van der Waals surface area (Å²) in [5.74, 6) is 0. The normalized spacial score (nSPS) is 28.6. The lowest BCUT2D eigenvalue weighted by Crippen LogP contribution is -2.49. The number of aliphatic hydroxyl groups is 1. The molecule has 1 aliphatic rings. The third-order valence-electron chi connectivity index (χ3n) is 1.54. The average molecular weight is 144 g/mol. The van der Waals surface area contributed by atoms with E-state index in [0.29, 0.717) is 19.8 Å². The molecule has 4 nitrogen and oxygen atoms in total. The minimum absolute atomic E-state index is 0.385. The van der Waals surface area contributed by atoms with Crippen LogP contribution in [0.15, 0.2) is 0 Å². The van der Waals surface area contributed by atoms with E-state index in [0.717, 1.165) is 6.41 Å². The molecule has 1 saturated heterocycles. The topological polar surface area (TPSA) is 43.8 Å². The van der Waals surface area contributed by atoms with Crippen molar-refractivity contribution in [3.8, 4) is 0 Å². The van der Waals surface area contributed by atoms with Crippen LogP contribution in [0.5, 0.6) is 0 Å². The van der Waals surface area contributed by atoms with Crippen LogP contribution < -0.4 is 0 Å². The van der Waals surface area contributed by atoms with Gasteiger partial charge in [0.25, 0.3) is 0 Å². The maximum atomic E-state index is 10.2. The van der Waals surface area contributed by atoms with Gasteiger partial charge in [0.2, 0.25) is 6.41 Å². The molecule has 1 rings (SSSR count). The van der Waals surface area contributed by atoms with Crippen LogP contribution in [0.25, 0.3) is 0 Å². The summed E-state index contributed by atoms with van der Waals surface area (Å²) in [5.41, 5.74) is 0. The number of aliphatic hydroxyl groups excluding tert-OH is 1. The van der Waals surface area contributed by atoms with Crippen molar-refractivity contribution in [2.75, 3.05) is 26.8 Å². The van der Waals surface area contributed by atoms with Crippen LogP contribution in [-0.4, -0.2) is 54.2 Å². The van der Waals surface area contributed by atoms with Gasteiger partial charge < -0.3 is 10.0 Å². The summed E-state index contributed by atoms with van der Waals surface area (Å²) in [4.78, 5) is 13.7. The summed E-state index contributed by atoms with van der Waals surface area (Å²) in [6.45, 7) is 1.75. The number of carbonyl (C=O) groups excluding carboxylic acids is 1. The largest absolute Gasteiger partial charge is 0.390 e. The number of amides is 1. The van der Waals surface area contributed by atoms with Gasteiger partial charge in [-0.3, -0.25) is 9.69 Å². The SMILES string of the molecule is CN1CC(O)CN(C=O)C1. The Hall–Kier alpha value is -0.610. The molecular formula is C6H12N2O2. The van der Waals surface area contributed by atoms with Gasteiger partial charge in [-0.1, -0.05) is 0 Å². The maximum absolute atomic E-state index is 10.2. The highest BCUT2D eigenvalue weighted by molar-refractivity contribution is 5.47. The van der Waals surface area contributed by atoms with E-state index in [4.69, 9.17) is 5.11 Å². The zero-order valence-electron chi connectivity index (χ0n) is 6.03. The fraction of sp³-hybridized carbons (Fsp3) is 0.833. The number of hydrogen-bond acceptors (Lipinski definition) is 3. The van der Waals surface area contributed by atoms with E-state index in [1.165, 1.54) is 0 Å². The zero-order chi connectivity index (χ0) is 7.56. The van der Waals surface area contributed by atoms with E-state index in [2.05, 4.69) is 0 Å². The lowest BCUT2D eigenvalue weighted by Gasteiger charge is -2.33. The van der Waals surface area contributed by atoms with E-state index >= 15 is 0 Å². The molecule has 1 atom stereocenters. The van der Waals surface area contributed by atoms with E-state index in [1.54, 1.807) is 4.90 Å². The second-order valence-electron chi connectivity index (χ2n) is 2.71. The first-order valence-corrected chi connectivity index (χ1v) is 3.28. The summed E-state index contributed by atoms with van der Waals surface area (Å²) in [7, 11) is 1.87. The Morgan fingerprint density at radius 3 is 2.80 bits per heavy atom. The molecule has 4 heteroatoms. The molecule has 0 bridgehead atoms. The van der Waals surface area contributed by atoms with Crippen LogP contribution in [0.2, 0.25) is 0 Å². The summed E-state index contributed by atoms with van der Waals surface area (Å²) in [5, 5.41) is 9.14. The van der Waals surface area contributed by atoms with E-state index < -0.39 is 0 Å². The predicted molar refractivity (Wildman–Crippen MR) is 36.3 cm³/mol. The number of likely N-dealkylation sites (N-methyl/N-ethyl adjacent to an activating group) is 1. The number of carbonyl (C=O) groups is 1. The van der Waals surface area contributed by atoms with Gasteiger partial charge in [-0.2, -0.15) is 0 Å². The van der Waals surface area contributed by atoms with Gasteiger partial charge >= 0.3 is 0 Å². The highest BCUT2D eigenvalue weighted by Gasteiger charge is 2.19. The fourth-order valence-electron chi connectivity index (χ4n) is 1.19. The first-order valence-electron chi connectivity index (χ1n) is 3.28. The first kappa shape index (κ1) is 7.50. The van der Waals surface area contributed by atoms with Gasteiger partial charge in [0, 0.05) is 13.1 Å². The quantitative estimate of drug-likeness (QED) is 0.466. The Morgan fingerprint density at radius 2 is 2.30 bits per heavy atom. The van der Waals surface area contributed by atoms with Crippen LogP contribution in [-0.2, 0) is 4.79 Å². The van der Waals surface area contributed by atoms with E-state index in [9.17, 15) is 4.79 Å². The zero-order valence-corrected chi connectivity index (χ0v) is 6.03. The number of hydrogen-bond donors (Lipinski definition) is 1. The van der Waals surface area contributed by atoms with Gasteiger partial charge in [0.05, 0.1) is 12.8 Å². The monoisotopic (exact) mass is 144 g/mol. The van der Waals surface area contributed by atoms with Gasteiger partial charge in [-0.15, -0.1) is 0 Å². The van der Waals surface area contributed by atoms with E-state index in [-0.39, 0.29) is 6.10 Å². The van der Waals surface area contributed by atoms with Gasteiger partial charge in [-0.05, 0) is 7.05 Å². The number of nitrogens with zero attached hydrogens (tertiary/aromatic N) is 2. The molecule has 0 aromatic heterocycles. The van der Waals surface area contributed by atoms with E-state index in [1.807, 2.05) is 11.9 Å². The minimum Gasteiger partial charge on any atom is -0.390 e. The molecule has 1 fully saturated rings. The van der Waals surface area contributed by atoms with Gasteiger partial charge in [0.1, 0.15) is 0 Å². The molecule has 58 valence electrons. The highest BCUT2D eigenvalue weighted by atomic mass is 16.3. The van der Waals surface area contributed by atoms with Crippen molar-refractivity contribution in [1.29, 1.82) is 0 Å². The van der Waals surface area contributed by atoms with Crippen molar-refractivity contribution in [2.45, 2.75) is 6.10 Å². The molecule has 0 aromatic rings. The Labute approximate surface area is 60.0 Å². The molecule has 0 aromatic carbocycles. The van der Waals surface area contributed by atoms with Crippen molar-refractivity contribution >= 4 is 6.41 Å². The second kappa shape index (κ2) is 2.98. The average Bonchev–Trinajstić information content (AvgIpc) is 1.85. The van der Waals surface area contributed by atoms with Crippen LogP contribution >= 0.6 is 0 Å². The molecule has 0 aliphatic carbocycles. The third-order valence-corrected chi connectivity index (χ3v) is 1.54. The Kier molecular flexibility index (Phi) is 2.24. The molecule has 1 unspecified atom stereocenters. The number of rotatable bonds is 1. The number of β-amino-alcohol motifs (C(OH)–C–C–N with tert-alkyl or cyclic N) is 1. The summed E-state index contributed by atoms with van der Waals surface area (Å²) < 4.78 is 0. The molecule has 10 heavy (non-hydrogen) atoms. The van der Waals surface area contributed by atoms with Crippen molar-refractivity contribution < 1.29 is 9.90 Å². The van der Waals surface area contributed by atoms with Crippen molar-refractivity contribution in [2.24, 2.45) is 0 Å². The second-order valence-corrected chi connectivity index (χ2v) is 2.71. The molecule has 1 amide bonds. The molecule has 0 spiro atoms. The molecule has 0 saturated carbocycles. The first-order chi connectivity index (χ1) is 4.72. The third kappa shape index (κ3) is 1.68.